The van der Waals surface area contributed by atoms with Crippen molar-refractivity contribution in [3.63, 3.8) is 0 Å². The van der Waals surface area contributed by atoms with Gasteiger partial charge < -0.3 is 10.5 Å². The number of nitrogens with zero attached hydrogens (tertiary/aromatic N) is 2. The summed E-state index contributed by atoms with van der Waals surface area (Å²) in [4.78, 5) is 0. The summed E-state index contributed by atoms with van der Waals surface area (Å²) in [5, 5.41) is 4.15. The lowest BCUT2D eigenvalue weighted by Gasteiger charge is -2.11. The zero-order valence-corrected chi connectivity index (χ0v) is 10.3. The van der Waals surface area contributed by atoms with Gasteiger partial charge in [0.05, 0.1) is 12.3 Å². The van der Waals surface area contributed by atoms with E-state index in [1.165, 1.54) is 0 Å². The van der Waals surface area contributed by atoms with Crippen molar-refractivity contribution in [2.75, 3.05) is 12.8 Å². The maximum absolute atomic E-state index is 5.96. The Bertz CT molecular complexity index is 519. The molecular formula is C13H17N3O. The molecule has 2 aromatic rings. The fraction of sp³-hybridized carbons (Fsp3) is 0.308. The van der Waals surface area contributed by atoms with E-state index in [-0.39, 0.29) is 6.10 Å². The van der Waals surface area contributed by atoms with E-state index in [4.69, 9.17) is 10.5 Å². The summed E-state index contributed by atoms with van der Waals surface area (Å²) in [7, 11) is 3.54. The maximum atomic E-state index is 5.96. The smallest absolute Gasteiger partial charge is 0.129 e. The molecule has 4 nitrogen and oxygen atoms in total. The van der Waals surface area contributed by atoms with E-state index in [2.05, 4.69) is 11.2 Å². The average Bonchev–Trinajstić information content (AvgIpc) is 2.69. The van der Waals surface area contributed by atoms with Gasteiger partial charge >= 0.3 is 0 Å². The number of rotatable bonds is 3. The first-order valence-corrected chi connectivity index (χ1v) is 5.54. The van der Waals surface area contributed by atoms with Crippen LogP contribution < -0.4 is 5.73 Å². The molecule has 0 spiro atoms. The van der Waals surface area contributed by atoms with Crippen molar-refractivity contribution in [2.24, 2.45) is 7.05 Å². The Morgan fingerprint density at radius 2 is 2.18 bits per heavy atom. The number of hydrogen-bond donors (Lipinski definition) is 1. The monoisotopic (exact) mass is 231 g/mol. The van der Waals surface area contributed by atoms with Crippen molar-refractivity contribution in [2.45, 2.75) is 13.0 Å². The molecule has 0 amide bonds. The number of aryl methyl sites for hydroxylation is 1. The van der Waals surface area contributed by atoms with Gasteiger partial charge in [-0.05, 0) is 24.1 Å². The molecule has 0 aliphatic carbocycles. The summed E-state index contributed by atoms with van der Waals surface area (Å²) < 4.78 is 6.98. The summed E-state index contributed by atoms with van der Waals surface area (Å²) in [5.74, 6) is 0.673. The molecule has 2 N–H and O–H groups in total. The molecule has 0 aliphatic heterocycles. The van der Waals surface area contributed by atoms with E-state index in [1.54, 1.807) is 18.0 Å². The largest absolute Gasteiger partial charge is 0.383 e. The van der Waals surface area contributed by atoms with Crippen LogP contribution in [0.3, 0.4) is 0 Å². The van der Waals surface area contributed by atoms with Crippen LogP contribution in [0.25, 0.3) is 11.1 Å². The molecule has 0 saturated carbocycles. The highest BCUT2D eigenvalue weighted by Crippen LogP contribution is 2.27. The Kier molecular flexibility index (Phi) is 3.15. The number of benzene rings is 1. The Morgan fingerprint density at radius 1 is 1.41 bits per heavy atom. The van der Waals surface area contributed by atoms with Crippen LogP contribution in [0.5, 0.6) is 0 Å². The van der Waals surface area contributed by atoms with Crippen molar-refractivity contribution >= 4 is 5.82 Å². The minimum Gasteiger partial charge on any atom is -0.383 e. The topological polar surface area (TPSA) is 53.1 Å². The van der Waals surface area contributed by atoms with Gasteiger partial charge in [-0.3, -0.25) is 4.68 Å². The van der Waals surface area contributed by atoms with Gasteiger partial charge in [-0.25, -0.2) is 0 Å². The average molecular weight is 231 g/mol. The molecule has 2 rings (SSSR count). The predicted molar refractivity (Wildman–Crippen MR) is 68.5 cm³/mol. The zero-order valence-electron chi connectivity index (χ0n) is 10.3. The first-order chi connectivity index (χ1) is 8.13. The normalized spacial score (nSPS) is 12.6. The van der Waals surface area contributed by atoms with Crippen LogP contribution in [-0.2, 0) is 11.8 Å². The Hall–Kier alpha value is -1.81. The highest BCUT2D eigenvalue weighted by atomic mass is 16.5. The molecule has 4 heteroatoms. The van der Waals surface area contributed by atoms with Crippen LogP contribution >= 0.6 is 0 Å². The van der Waals surface area contributed by atoms with Crippen LogP contribution in [0.15, 0.2) is 30.5 Å². The van der Waals surface area contributed by atoms with Gasteiger partial charge in [0.15, 0.2) is 0 Å². The molecule has 0 saturated heterocycles. The van der Waals surface area contributed by atoms with E-state index >= 15 is 0 Å². The summed E-state index contributed by atoms with van der Waals surface area (Å²) >= 11 is 0. The third-order valence-electron chi connectivity index (χ3n) is 3.01. The highest BCUT2D eigenvalue weighted by Gasteiger charge is 2.09. The lowest BCUT2D eigenvalue weighted by molar-refractivity contribution is 0.119. The number of hydrogen-bond acceptors (Lipinski definition) is 3. The van der Waals surface area contributed by atoms with E-state index in [0.717, 1.165) is 16.7 Å². The molecule has 17 heavy (non-hydrogen) atoms. The lowest BCUT2D eigenvalue weighted by atomic mass is 10.0. The van der Waals surface area contributed by atoms with E-state index in [9.17, 15) is 0 Å². The van der Waals surface area contributed by atoms with Gasteiger partial charge in [-0.15, -0.1) is 0 Å². The molecule has 1 aromatic carbocycles. The van der Waals surface area contributed by atoms with Crippen molar-refractivity contribution < 1.29 is 4.74 Å². The first kappa shape index (κ1) is 11.7. The molecule has 0 aliphatic rings. The second kappa shape index (κ2) is 4.59. The van der Waals surface area contributed by atoms with E-state index in [1.807, 2.05) is 32.2 Å². The van der Waals surface area contributed by atoms with Gasteiger partial charge in [0.1, 0.15) is 5.82 Å². The number of methoxy groups -OCH3 is 1. The zero-order chi connectivity index (χ0) is 12.4. The minimum absolute atomic E-state index is 0.0767. The molecule has 1 atom stereocenters. The van der Waals surface area contributed by atoms with E-state index in [0.29, 0.717) is 5.82 Å². The molecule has 0 fully saturated rings. The SMILES string of the molecule is CO[C@@H](C)c1cccc(-c2cnn(C)c2N)c1. The molecule has 0 bridgehead atoms. The molecule has 1 aromatic heterocycles. The van der Waals surface area contributed by atoms with Crippen molar-refractivity contribution in [1.29, 1.82) is 0 Å². The van der Waals surface area contributed by atoms with Crippen molar-refractivity contribution in [1.82, 2.24) is 9.78 Å². The predicted octanol–water partition coefficient (Wildman–Crippen LogP) is 2.38. The van der Waals surface area contributed by atoms with Crippen LogP contribution in [-0.4, -0.2) is 16.9 Å². The van der Waals surface area contributed by atoms with E-state index < -0.39 is 0 Å². The fourth-order valence-corrected chi connectivity index (χ4v) is 1.76. The number of nitrogens with two attached hydrogens (primary N) is 1. The van der Waals surface area contributed by atoms with Crippen molar-refractivity contribution in [3.8, 4) is 11.1 Å². The third-order valence-corrected chi connectivity index (χ3v) is 3.01. The summed E-state index contributed by atoms with van der Waals surface area (Å²) in [6.07, 6.45) is 1.86. The molecular weight excluding hydrogens is 214 g/mol. The van der Waals surface area contributed by atoms with Crippen LogP contribution in [0.1, 0.15) is 18.6 Å². The highest BCUT2D eigenvalue weighted by molar-refractivity contribution is 5.73. The fourth-order valence-electron chi connectivity index (χ4n) is 1.76. The molecule has 90 valence electrons. The second-order valence-corrected chi connectivity index (χ2v) is 4.07. The van der Waals surface area contributed by atoms with Crippen LogP contribution in [0, 0.1) is 0 Å². The number of anilines is 1. The Labute approximate surface area is 101 Å². The summed E-state index contributed by atoms with van der Waals surface area (Å²) in [6, 6.07) is 8.16. The Morgan fingerprint density at radius 3 is 2.76 bits per heavy atom. The standard InChI is InChI=1S/C13H17N3O/c1-9(17-3)10-5-4-6-11(7-10)12-8-15-16(2)13(12)14/h4-9H,14H2,1-3H3/t9-/m0/s1. The Balaban J connectivity index is 2.43. The van der Waals surface area contributed by atoms with Gasteiger partial charge in [0.25, 0.3) is 0 Å². The summed E-state index contributed by atoms with van der Waals surface area (Å²) in [6.45, 7) is 2.02. The molecule has 0 radical (unpaired) electrons. The van der Waals surface area contributed by atoms with Crippen LogP contribution in [0.2, 0.25) is 0 Å². The first-order valence-electron chi connectivity index (χ1n) is 5.54. The number of nitrogen functional groups attached to an aromatic ring is 1. The lowest BCUT2D eigenvalue weighted by Crippen LogP contribution is -1.99. The minimum atomic E-state index is 0.0767. The second-order valence-electron chi connectivity index (χ2n) is 4.07. The van der Waals surface area contributed by atoms with Gasteiger partial charge in [-0.2, -0.15) is 5.10 Å². The number of ether oxygens (including phenoxy) is 1. The van der Waals surface area contributed by atoms with Gasteiger partial charge in [0, 0.05) is 19.7 Å². The molecule has 1 heterocycles. The third kappa shape index (κ3) is 2.17. The summed E-state index contributed by atoms with van der Waals surface area (Å²) in [5.41, 5.74) is 9.12. The van der Waals surface area contributed by atoms with Crippen LogP contribution in [0.4, 0.5) is 5.82 Å². The quantitative estimate of drug-likeness (QED) is 0.882. The molecule has 0 unspecified atom stereocenters. The van der Waals surface area contributed by atoms with Crippen molar-refractivity contribution in [3.05, 3.63) is 36.0 Å². The van der Waals surface area contributed by atoms with Gasteiger partial charge in [0.2, 0.25) is 0 Å². The maximum Gasteiger partial charge on any atom is 0.129 e. The number of aromatic nitrogens is 2. The van der Waals surface area contributed by atoms with Gasteiger partial charge in [-0.1, -0.05) is 18.2 Å².